The van der Waals surface area contributed by atoms with Crippen molar-refractivity contribution in [3.8, 4) is 5.75 Å². The molecule has 1 aromatic carbocycles. The summed E-state index contributed by atoms with van der Waals surface area (Å²) >= 11 is 0. The zero-order valence-electron chi connectivity index (χ0n) is 12.0. The Morgan fingerprint density at radius 2 is 2.15 bits per heavy atom. The molecular formula is C16H19FN2O. The number of ether oxygens (including phenoxy) is 1. The van der Waals surface area contributed by atoms with E-state index >= 15 is 0 Å². The van der Waals surface area contributed by atoms with Crippen LogP contribution < -0.4 is 10.1 Å². The van der Waals surface area contributed by atoms with Crippen LogP contribution in [0.5, 0.6) is 5.75 Å². The minimum absolute atomic E-state index is 0.0387. The number of aromatic nitrogens is 1. The number of nitrogens with zero attached hydrogens (tertiary/aromatic N) is 1. The molecule has 2 aromatic rings. The third-order valence-electron chi connectivity index (χ3n) is 3.37. The van der Waals surface area contributed by atoms with Crippen molar-refractivity contribution in [2.24, 2.45) is 0 Å². The summed E-state index contributed by atoms with van der Waals surface area (Å²) in [6.45, 7) is 4.68. The number of aryl methyl sites for hydroxylation is 1. The molecule has 2 rings (SSSR count). The Morgan fingerprint density at radius 3 is 2.80 bits per heavy atom. The number of rotatable bonds is 5. The Balaban J connectivity index is 2.03. The van der Waals surface area contributed by atoms with Crippen molar-refractivity contribution in [3.63, 3.8) is 0 Å². The summed E-state index contributed by atoms with van der Waals surface area (Å²) in [5, 5.41) is 3.35. The maximum absolute atomic E-state index is 13.7. The van der Waals surface area contributed by atoms with Crippen molar-refractivity contribution in [3.05, 3.63) is 59.2 Å². The lowest BCUT2D eigenvalue weighted by atomic mass is 10.1. The molecule has 1 aromatic heterocycles. The van der Waals surface area contributed by atoms with E-state index in [9.17, 15) is 4.39 Å². The SMILES string of the molecule is COc1ccc(C(C)NCc2ncccc2C)cc1F. The van der Waals surface area contributed by atoms with E-state index in [-0.39, 0.29) is 17.6 Å². The molecule has 0 aliphatic rings. The molecule has 0 aliphatic carbocycles. The molecule has 0 radical (unpaired) electrons. The van der Waals surface area contributed by atoms with E-state index in [1.54, 1.807) is 12.3 Å². The van der Waals surface area contributed by atoms with Gasteiger partial charge in [0.2, 0.25) is 0 Å². The lowest BCUT2D eigenvalue weighted by Crippen LogP contribution is -2.19. The van der Waals surface area contributed by atoms with Gasteiger partial charge in [-0.3, -0.25) is 4.98 Å². The maximum atomic E-state index is 13.7. The number of benzene rings is 1. The van der Waals surface area contributed by atoms with E-state index in [2.05, 4.69) is 10.3 Å². The fourth-order valence-electron chi connectivity index (χ4n) is 2.02. The minimum atomic E-state index is -0.340. The monoisotopic (exact) mass is 274 g/mol. The summed E-state index contributed by atoms with van der Waals surface area (Å²) < 4.78 is 18.6. The molecule has 0 fully saturated rings. The fraction of sp³-hybridized carbons (Fsp3) is 0.312. The number of methoxy groups -OCH3 is 1. The highest BCUT2D eigenvalue weighted by atomic mass is 19.1. The maximum Gasteiger partial charge on any atom is 0.165 e. The molecular weight excluding hydrogens is 255 g/mol. The molecule has 1 unspecified atom stereocenters. The Hall–Kier alpha value is -1.94. The van der Waals surface area contributed by atoms with E-state index in [1.165, 1.54) is 13.2 Å². The second-order valence-corrected chi connectivity index (χ2v) is 4.76. The zero-order valence-corrected chi connectivity index (χ0v) is 12.0. The van der Waals surface area contributed by atoms with Crippen molar-refractivity contribution in [2.45, 2.75) is 26.4 Å². The van der Waals surface area contributed by atoms with Crippen molar-refractivity contribution >= 4 is 0 Å². The summed E-state index contributed by atoms with van der Waals surface area (Å²) in [5.41, 5.74) is 3.04. The van der Waals surface area contributed by atoms with Gasteiger partial charge in [0.05, 0.1) is 12.8 Å². The van der Waals surface area contributed by atoms with Crippen molar-refractivity contribution in [1.29, 1.82) is 0 Å². The van der Waals surface area contributed by atoms with Crippen molar-refractivity contribution in [2.75, 3.05) is 7.11 Å². The van der Waals surface area contributed by atoms with E-state index in [1.807, 2.05) is 32.0 Å². The first kappa shape index (κ1) is 14.5. The second kappa shape index (κ2) is 6.48. The lowest BCUT2D eigenvalue weighted by Gasteiger charge is -2.15. The zero-order chi connectivity index (χ0) is 14.5. The molecule has 0 aliphatic heterocycles. The van der Waals surface area contributed by atoms with Crippen LogP contribution in [0.15, 0.2) is 36.5 Å². The van der Waals surface area contributed by atoms with E-state index in [4.69, 9.17) is 4.74 Å². The van der Waals surface area contributed by atoms with Gasteiger partial charge in [0.25, 0.3) is 0 Å². The molecule has 20 heavy (non-hydrogen) atoms. The Bertz CT molecular complexity index is 586. The van der Waals surface area contributed by atoms with Gasteiger partial charge in [0.15, 0.2) is 11.6 Å². The molecule has 1 heterocycles. The molecule has 1 N–H and O–H groups in total. The minimum Gasteiger partial charge on any atom is -0.494 e. The average molecular weight is 274 g/mol. The number of hydrogen-bond acceptors (Lipinski definition) is 3. The van der Waals surface area contributed by atoms with Crippen LogP contribution >= 0.6 is 0 Å². The van der Waals surface area contributed by atoms with Crippen LogP contribution in [0.25, 0.3) is 0 Å². The van der Waals surface area contributed by atoms with Crippen LogP contribution in [-0.4, -0.2) is 12.1 Å². The standard InChI is InChI=1S/C16H19FN2O/c1-11-5-4-8-18-15(11)10-19-12(2)13-6-7-16(20-3)14(17)9-13/h4-9,12,19H,10H2,1-3H3. The molecule has 0 saturated carbocycles. The van der Waals surface area contributed by atoms with Gasteiger partial charge in [-0.1, -0.05) is 12.1 Å². The predicted molar refractivity (Wildman–Crippen MR) is 77.2 cm³/mol. The number of halogens is 1. The summed E-state index contributed by atoms with van der Waals surface area (Å²) in [4.78, 5) is 4.33. The lowest BCUT2D eigenvalue weighted by molar-refractivity contribution is 0.385. The van der Waals surface area contributed by atoms with Crippen LogP contribution in [-0.2, 0) is 6.54 Å². The molecule has 0 saturated heterocycles. The highest BCUT2D eigenvalue weighted by Crippen LogP contribution is 2.21. The first-order valence-corrected chi connectivity index (χ1v) is 6.59. The summed E-state index contributed by atoms with van der Waals surface area (Å²) in [6.07, 6.45) is 1.78. The molecule has 1 atom stereocenters. The van der Waals surface area contributed by atoms with Crippen LogP contribution in [0.4, 0.5) is 4.39 Å². The van der Waals surface area contributed by atoms with Crippen molar-refractivity contribution < 1.29 is 9.13 Å². The average Bonchev–Trinajstić information content (AvgIpc) is 2.46. The highest BCUT2D eigenvalue weighted by Gasteiger charge is 2.10. The molecule has 0 bridgehead atoms. The number of hydrogen-bond donors (Lipinski definition) is 1. The number of nitrogens with one attached hydrogen (secondary N) is 1. The molecule has 106 valence electrons. The Kier molecular flexibility index (Phi) is 4.69. The second-order valence-electron chi connectivity index (χ2n) is 4.76. The summed E-state index contributed by atoms with van der Waals surface area (Å²) in [6, 6.07) is 9.00. The summed E-state index contributed by atoms with van der Waals surface area (Å²) in [7, 11) is 1.46. The topological polar surface area (TPSA) is 34.1 Å². The van der Waals surface area contributed by atoms with Gasteiger partial charge in [0.1, 0.15) is 0 Å². The highest BCUT2D eigenvalue weighted by molar-refractivity contribution is 5.31. The van der Waals surface area contributed by atoms with E-state index in [0.717, 1.165) is 16.8 Å². The van der Waals surface area contributed by atoms with Gasteiger partial charge >= 0.3 is 0 Å². The Morgan fingerprint density at radius 1 is 1.35 bits per heavy atom. The molecule has 0 spiro atoms. The van der Waals surface area contributed by atoms with E-state index < -0.39 is 0 Å². The first-order valence-electron chi connectivity index (χ1n) is 6.59. The third kappa shape index (κ3) is 3.33. The van der Waals surface area contributed by atoms with Crippen LogP contribution in [0.3, 0.4) is 0 Å². The number of pyridine rings is 1. The van der Waals surface area contributed by atoms with Gasteiger partial charge in [-0.05, 0) is 43.2 Å². The van der Waals surface area contributed by atoms with Gasteiger partial charge in [-0.2, -0.15) is 0 Å². The quantitative estimate of drug-likeness (QED) is 0.907. The molecule has 4 heteroatoms. The smallest absolute Gasteiger partial charge is 0.165 e. The normalized spacial score (nSPS) is 12.2. The largest absolute Gasteiger partial charge is 0.494 e. The fourth-order valence-corrected chi connectivity index (χ4v) is 2.02. The first-order chi connectivity index (χ1) is 9.61. The third-order valence-corrected chi connectivity index (χ3v) is 3.37. The Labute approximate surface area is 118 Å². The van der Waals surface area contributed by atoms with Crippen LogP contribution in [0.2, 0.25) is 0 Å². The van der Waals surface area contributed by atoms with E-state index in [0.29, 0.717) is 6.54 Å². The molecule has 0 amide bonds. The van der Waals surface area contributed by atoms with Crippen molar-refractivity contribution in [1.82, 2.24) is 10.3 Å². The van der Waals surface area contributed by atoms with Crippen LogP contribution in [0.1, 0.15) is 29.8 Å². The van der Waals surface area contributed by atoms with Gasteiger partial charge in [-0.15, -0.1) is 0 Å². The van der Waals surface area contributed by atoms with Crippen LogP contribution in [0, 0.1) is 12.7 Å². The van der Waals surface area contributed by atoms with Gasteiger partial charge in [0, 0.05) is 18.8 Å². The van der Waals surface area contributed by atoms with Gasteiger partial charge in [-0.25, -0.2) is 4.39 Å². The summed E-state index contributed by atoms with van der Waals surface area (Å²) in [5.74, 6) is -0.0748. The predicted octanol–water partition coefficient (Wildman–Crippen LogP) is 3.39. The van der Waals surface area contributed by atoms with Gasteiger partial charge < -0.3 is 10.1 Å². The molecule has 3 nitrogen and oxygen atoms in total.